The summed E-state index contributed by atoms with van der Waals surface area (Å²) >= 11 is 0. The first-order chi connectivity index (χ1) is 17.1. The van der Waals surface area contributed by atoms with Gasteiger partial charge in [-0.3, -0.25) is 14.8 Å². The van der Waals surface area contributed by atoms with Crippen molar-refractivity contribution in [3.05, 3.63) is 24.0 Å². The van der Waals surface area contributed by atoms with Gasteiger partial charge in [-0.05, 0) is 42.4 Å². The van der Waals surface area contributed by atoms with Crippen LogP contribution in [0.4, 0.5) is 20.6 Å². The molecule has 10 nitrogen and oxygen atoms in total. The topological polar surface area (TPSA) is 123 Å². The summed E-state index contributed by atoms with van der Waals surface area (Å²) < 4.78 is 19.5. The Kier molecular flexibility index (Phi) is 9.49. The Morgan fingerprint density at radius 3 is 2.47 bits per heavy atom. The van der Waals surface area contributed by atoms with Crippen LogP contribution in [0.1, 0.15) is 46.5 Å². The molecular formula is C25H38FN5O5. The fraction of sp³-hybridized carbons (Fsp3) is 0.640. The fourth-order valence-electron chi connectivity index (χ4n) is 4.75. The van der Waals surface area contributed by atoms with Crippen LogP contribution in [0.5, 0.6) is 0 Å². The Morgan fingerprint density at radius 2 is 1.86 bits per heavy atom. The number of nitrogens with zero attached hydrogens (tertiary/aromatic N) is 2. The van der Waals surface area contributed by atoms with E-state index in [9.17, 15) is 18.8 Å². The number of ether oxygens (including phenoxy) is 1. The summed E-state index contributed by atoms with van der Waals surface area (Å²) in [7, 11) is 0. The number of carbonyl (C=O) groups is 3. The number of halogens is 1. The number of anilines is 2. The lowest BCUT2D eigenvalue weighted by Crippen LogP contribution is -2.57. The minimum absolute atomic E-state index is 0.262. The Bertz CT molecular complexity index is 926. The lowest BCUT2D eigenvalue weighted by molar-refractivity contribution is -0.142. The predicted molar refractivity (Wildman–Crippen MR) is 133 cm³/mol. The van der Waals surface area contributed by atoms with Crippen LogP contribution in [-0.4, -0.2) is 73.4 Å². The van der Waals surface area contributed by atoms with Gasteiger partial charge in [0, 0.05) is 19.6 Å². The minimum atomic E-state index is -0.967. The highest BCUT2D eigenvalue weighted by Crippen LogP contribution is 2.29. The van der Waals surface area contributed by atoms with Crippen molar-refractivity contribution in [2.45, 2.75) is 52.5 Å². The van der Waals surface area contributed by atoms with Crippen LogP contribution >= 0.6 is 0 Å². The number of urea groups is 1. The number of benzene rings is 1. The van der Waals surface area contributed by atoms with Crippen LogP contribution in [0, 0.1) is 17.2 Å². The maximum Gasteiger partial charge on any atom is 0.319 e. The predicted octanol–water partition coefficient (Wildman–Crippen LogP) is 2.72. The largest absolute Gasteiger partial charge is 0.378 e. The first-order valence-corrected chi connectivity index (χ1v) is 12.5. The number of hydroxylamine groups is 1. The molecule has 1 aliphatic carbocycles. The maximum atomic E-state index is 14.1. The molecule has 36 heavy (non-hydrogen) atoms. The standard InChI is InChI=1S/C25H38FN5O5/c1-25(2,3)22(23(33)31(16-21(32)29-35)15-17-6-4-5-7-17)28-24(34)27-19-14-18(26)8-9-20(19)30-10-12-36-13-11-30/h8-9,14,17,22,35H,4-7,10-13,15-16H2,1-3H3,(H,29,32)(H2,27,28,34). The number of rotatable bonds is 8. The number of carbonyl (C=O) groups excluding carboxylic acids is 3. The van der Waals surface area contributed by atoms with Crippen LogP contribution in [0.2, 0.25) is 0 Å². The van der Waals surface area contributed by atoms with Gasteiger partial charge in [0.2, 0.25) is 5.91 Å². The summed E-state index contributed by atoms with van der Waals surface area (Å²) in [6, 6.07) is 2.57. The van der Waals surface area contributed by atoms with E-state index < -0.39 is 35.1 Å². The molecule has 1 heterocycles. The van der Waals surface area contributed by atoms with Gasteiger partial charge in [0.25, 0.3) is 5.91 Å². The quantitative estimate of drug-likeness (QED) is 0.317. The molecule has 0 radical (unpaired) electrons. The average Bonchev–Trinajstić information content (AvgIpc) is 3.35. The van der Waals surface area contributed by atoms with E-state index in [1.807, 2.05) is 25.7 Å². The van der Waals surface area contributed by atoms with Gasteiger partial charge in [-0.15, -0.1) is 0 Å². The van der Waals surface area contributed by atoms with Gasteiger partial charge in [-0.2, -0.15) is 0 Å². The molecule has 200 valence electrons. The summed E-state index contributed by atoms with van der Waals surface area (Å²) in [5, 5.41) is 14.5. The van der Waals surface area contributed by atoms with Crippen molar-refractivity contribution < 1.29 is 28.7 Å². The molecule has 2 aliphatic rings. The van der Waals surface area contributed by atoms with Crippen LogP contribution in [0.15, 0.2) is 18.2 Å². The molecule has 1 unspecified atom stereocenters. The lowest BCUT2D eigenvalue weighted by Gasteiger charge is -2.36. The second-order valence-corrected chi connectivity index (χ2v) is 10.6. The van der Waals surface area contributed by atoms with Gasteiger partial charge in [-0.25, -0.2) is 14.7 Å². The van der Waals surface area contributed by atoms with E-state index in [-0.39, 0.29) is 18.2 Å². The van der Waals surface area contributed by atoms with E-state index in [0.29, 0.717) is 38.5 Å². The number of morpholine rings is 1. The minimum Gasteiger partial charge on any atom is -0.378 e. The summed E-state index contributed by atoms with van der Waals surface area (Å²) in [5.74, 6) is -1.35. The molecule has 1 saturated carbocycles. The summed E-state index contributed by atoms with van der Waals surface area (Å²) in [6.45, 7) is 7.77. The van der Waals surface area contributed by atoms with E-state index >= 15 is 0 Å². The van der Waals surface area contributed by atoms with Crippen molar-refractivity contribution in [2.75, 3.05) is 49.6 Å². The highest BCUT2D eigenvalue weighted by atomic mass is 19.1. The van der Waals surface area contributed by atoms with Crippen LogP contribution in [-0.2, 0) is 14.3 Å². The Balaban J connectivity index is 1.77. The molecule has 3 rings (SSSR count). The molecule has 1 aliphatic heterocycles. The van der Waals surface area contributed by atoms with E-state index in [4.69, 9.17) is 9.94 Å². The van der Waals surface area contributed by atoms with Crippen molar-refractivity contribution in [1.29, 1.82) is 0 Å². The van der Waals surface area contributed by atoms with Gasteiger partial charge in [-0.1, -0.05) is 33.6 Å². The molecule has 1 aromatic carbocycles. The number of hydrogen-bond donors (Lipinski definition) is 4. The molecular weight excluding hydrogens is 469 g/mol. The third-order valence-electron chi connectivity index (χ3n) is 6.67. The lowest BCUT2D eigenvalue weighted by atomic mass is 9.85. The number of hydrogen-bond acceptors (Lipinski definition) is 6. The van der Waals surface area contributed by atoms with Gasteiger partial charge in [0.15, 0.2) is 0 Å². The van der Waals surface area contributed by atoms with E-state index in [0.717, 1.165) is 25.7 Å². The van der Waals surface area contributed by atoms with Gasteiger partial charge in [0.05, 0.1) is 24.6 Å². The Labute approximate surface area is 211 Å². The van der Waals surface area contributed by atoms with Crippen molar-refractivity contribution in [2.24, 2.45) is 11.3 Å². The van der Waals surface area contributed by atoms with Crippen molar-refractivity contribution in [1.82, 2.24) is 15.7 Å². The fourth-order valence-corrected chi connectivity index (χ4v) is 4.75. The highest BCUT2D eigenvalue weighted by molar-refractivity contribution is 5.97. The molecule has 0 aromatic heterocycles. The molecule has 4 N–H and O–H groups in total. The monoisotopic (exact) mass is 507 g/mol. The first kappa shape index (κ1) is 27.7. The molecule has 1 aromatic rings. The second-order valence-electron chi connectivity index (χ2n) is 10.6. The van der Waals surface area contributed by atoms with E-state index in [1.54, 1.807) is 11.5 Å². The molecule has 11 heteroatoms. The summed E-state index contributed by atoms with van der Waals surface area (Å²) in [6.07, 6.45) is 4.06. The maximum absolute atomic E-state index is 14.1. The zero-order valence-corrected chi connectivity index (χ0v) is 21.3. The smallest absolute Gasteiger partial charge is 0.319 e. The molecule has 1 saturated heterocycles. The van der Waals surface area contributed by atoms with Crippen LogP contribution in [0.3, 0.4) is 0 Å². The molecule has 0 bridgehead atoms. The van der Waals surface area contributed by atoms with Gasteiger partial charge >= 0.3 is 6.03 Å². The Hall–Kier alpha value is -2.92. The first-order valence-electron chi connectivity index (χ1n) is 12.5. The zero-order valence-electron chi connectivity index (χ0n) is 21.3. The third-order valence-corrected chi connectivity index (χ3v) is 6.67. The Morgan fingerprint density at radius 1 is 1.19 bits per heavy atom. The molecule has 2 fully saturated rings. The third kappa shape index (κ3) is 7.54. The molecule has 0 spiro atoms. The van der Waals surface area contributed by atoms with Crippen molar-refractivity contribution in [3.8, 4) is 0 Å². The molecule has 4 amide bonds. The van der Waals surface area contributed by atoms with Crippen molar-refractivity contribution in [3.63, 3.8) is 0 Å². The molecule has 1 atom stereocenters. The number of nitrogens with one attached hydrogen (secondary N) is 3. The van der Waals surface area contributed by atoms with E-state index in [1.165, 1.54) is 17.0 Å². The SMILES string of the molecule is CC(C)(C)C(NC(=O)Nc1cc(F)ccc1N1CCOCC1)C(=O)N(CC(=O)NO)CC1CCCC1. The normalized spacial score (nSPS) is 17.4. The van der Waals surface area contributed by atoms with Gasteiger partial charge in [0.1, 0.15) is 18.4 Å². The average molecular weight is 508 g/mol. The van der Waals surface area contributed by atoms with Gasteiger partial charge < -0.3 is 25.2 Å². The highest BCUT2D eigenvalue weighted by Gasteiger charge is 2.37. The number of amides is 4. The second kappa shape index (κ2) is 12.4. The summed E-state index contributed by atoms with van der Waals surface area (Å²) in [5.41, 5.74) is 1.85. The van der Waals surface area contributed by atoms with Crippen LogP contribution in [0.25, 0.3) is 0 Å². The summed E-state index contributed by atoms with van der Waals surface area (Å²) in [4.78, 5) is 42.1. The zero-order chi connectivity index (χ0) is 26.3. The van der Waals surface area contributed by atoms with Crippen molar-refractivity contribution >= 4 is 29.2 Å². The van der Waals surface area contributed by atoms with Crippen LogP contribution < -0.4 is 21.0 Å². The van der Waals surface area contributed by atoms with E-state index in [2.05, 4.69) is 10.6 Å².